The normalized spacial score (nSPS) is 11.6. The molecule has 0 unspecified atom stereocenters. The summed E-state index contributed by atoms with van der Waals surface area (Å²) in [7, 11) is 0. The largest absolute Gasteiger partial charge is 0.372 e. The summed E-state index contributed by atoms with van der Waals surface area (Å²) in [5.41, 5.74) is 7.92. The molecule has 1 amide bonds. The molecule has 5 nitrogen and oxygen atoms in total. The zero-order valence-corrected chi connectivity index (χ0v) is 21.4. The van der Waals surface area contributed by atoms with Crippen molar-refractivity contribution in [3.8, 4) is 16.8 Å². The Morgan fingerprint density at radius 1 is 0.763 bits per heavy atom. The molecule has 5 aromatic rings. The lowest BCUT2D eigenvalue weighted by Gasteiger charge is -2.27. The van der Waals surface area contributed by atoms with E-state index < -0.39 is 11.5 Å². The van der Waals surface area contributed by atoms with Crippen molar-refractivity contribution >= 4 is 12.1 Å². The number of hydrogen-bond acceptors (Lipinski definition) is 3. The number of benzene rings is 4. The number of hydrogen-bond donors (Lipinski definition) is 2. The number of nitrogens with zero attached hydrogens (tertiary/aromatic N) is 2. The van der Waals surface area contributed by atoms with Crippen molar-refractivity contribution in [3.05, 3.63) is 149 Å². The third-order valence-corrected chi connectivity index (χ3v) is 6.78. The van der Waals surface area contributed by atoms with E-state index in [1.807, 2.05) is 50.2 Å². The molecule has 38 heavy (non-hydrogen) atoms. The fourth-order valence-electron chi connectivity index (χ4n) is 4.78. The van der Waals surface area contributed by atoms with Gasteiger partial charge in [0, 0.05) is 22.6 Å². The van der Waals surface area contributed by atoms with E-state index in [0.29, 0.717) is 11.1 Å². The van der Waals surface area contributed by atoms with Crippen LogP contribution in [0.3, 0.4) is 0 Å². The van der Waals surface area contributed by atoms with Crippen LogP contribution in [0.5, 0.6) is 0 Å². The fraction of sp³-hybridized carbons (Fsp3) is 0.0909. The summed E-state index contributed by atoms with van der Waals surface area (Å²) in [5.74, 6) is -0.628. The van der Waals surface area contributed by atoms with Gasteiger partial charge in [0.15, 0.2) is 5.60 Å². The first-order valence-corrected chi connectivity index (χ1v) is 12.5. The van der Waals surface area contributed by atoms with E-state index in [1.54, 1.807) is 54.7 Å². The Balaban J connectivity index is 1.38. The van der Waals surface area contributed by atoms with Gasteiger partial charge in [0.1, 0.15) is 0 Å². The molecule has 2 N–H and O–H groups in total. The Kier molecular flexibility index (Phi) is 7.03. The highest BCUT2D eigenvalue weighted by Gasteiger charge is 2.39. The molecule has 0 atom stereocenters. The molecule has 188 valence electrons. The molecule has 5 heteroatoms. The number of hydrazone groups is 1. The first kappa shape index (κ1) is 24.9. The Morgan fingerprint density at radius 3 is 1.82 bits per heavy atom. The molecule has 0 bridgehead atoms. The van der Waals surface area contributed by atoms with Gasteiger partial charge < -0.3 is 9.67 Å². The van der Waals surface area contributed by atoms with Crippen molar-refractivity contribution in [2.24, 2.45) is 5.10 Å². The minimum absolute atomic E-state index is 0.469. The average molecular weight is 500 g/mol. The van der Waals surface area contributed by atoms with Crippen LogP contribution in [0.15, 0.2) is 126 Å². The lowest BCUT2D eigenvalue weighted by Crippen LogP contribution is -2.43. The number of aliphatic hydroxyl groups is 1. The Bertz CT molecular complexity index is 1520. The monoisotopic (exact) mass is 499 g/mol. The second-order valence-electron chi connectivity index (χ2n) is 9.22. The van der Waals surface area contributed by atoms with E-state index in [2.05, 4.69) is 51.5 Å². The third-order valence-electron chi connectivity index (χ3n) is 6.78. The van der Waals surface area contributed by atoms with Crippen LogP contribution in [0, 0.1) is 13.8 Å². The van der Waals surface area contributed by atoms with Gasteiger partial charge in [0.05, 0.1) is 6.21 Å². The van der Waals surface area contributed by atoms with Crippen LogP contribution in [0.4, 0.5) is 0 Å². The Morgan fingerprint density at radius 2 is 1.26 bits per heavy atom. The predicted molar refractivity (Wildman–Crippen MR) is 152 cm³/mol. The number of nitrogens with one attached hydrogen (secondary N) is 1. The summed E-state index contributed by atoms with van der Waals surface area (Å²) < 4.78 is 2.15. The van der Waals surface area contributed by atoms with E-state index in [1.165, 1.54) is 5.56 Å². The minimum atomic E-state index is -1.88. The minimum Gasteiger partial charge on any atom is -0.372 e. The van der Waals surface area contributed by atoms with E-state index in [9.17, 15) is 9.90 Å². The highest BCUT2D eigenvalue weighted by Crippen LogP contribution is 2.30. The van der Waals surface area contributed by atoms with Crippen LogP contribution in [0.2, 0.25) is 0 Å². The molecule has 0 radical (unpaired) electrons. The van der Waals surface area contributed by atoms with Crippen molar-refractivity contribution in [2.45, 2.75) is 19.4 Å². The van der Waals surface area contributed by atoms with Crippen molar-refractivity contribution in [2.75, 3.05) is 0 Å². The molecule has 0 saturated carbocycles. The van der Waals surface area contributed by atoms with Crippen molar-refractivity contribution in [1.29, 1.82) is 0 Å². The van der Waals surface area contributed by atoms with Crippen LogP contribution in [-0.2, 0) is 10.4 Å². The number of aryl methyl sites for hydroxylation is 1. The molecule has 0 saturated heterocycles. The van der Waals surface area contributed by atoms with Gasteiger partial charge in [-0.1, -0.05) is 103 Å². The quantitative estimate of drug-likeness (QED) is 0.208. The SMILES string of the molecule is Cc1cc(/C=N/NC(=O)C(O)(c2ccccc2)c2ccccc2)c(C)n1-c1ccc(-c2ccccc2)cc1. The molecule has 0 aliphatic carbocycles. The standard InChI is InChI=1S/C33H29N3O2/c1-24-22-28(25(2)36(24)31-20-18-27(19-21-31)26-12-6-3-7-13-26)23-34-35-32(37)33(38,29-14-8-4-9-15-29)30-16-10-5-11-17-30/h3-23,38H,1-2H3,(H,35,37)/b34-23+. The van der Waals surface area contributed by atoms with Gasteiger partial charge in [-0.05, 0) is 54.3 Å². The number of carbonyl (C=O) groups is 1. The average Bonchev–Trinajstić information content (AvgIpc) is 3.26. The topological polar surface area (TPSA) is 66.6 Å². The van der Waals surface area contributed by atoms with Crippen LogP contribution in [0.1, 0.15) is 28.1 Å². The molecule has 0 fully saturated rings. The zero-order chi connectivity index (χ0) is 26.5. The first-order valence-electron chi connectivity index (χ1n) is 12.5. The van der Waals surface area contributed by atoms with Crippen molar-refractivity contribution in [3.63, 3.8) is 0 Å². The van der Waals surface area contributed by atoms with Crippen molar-refractivity contribution < 1.29 is 9.90 Å². The van der Waals surface area contributed by atoms with Gasteiger partial charge in [0.2, 0.25) is 0 Å². The van der Waals surface area contributed by atoms with E-state index in [-0.39, 0.29) is 0 Å². The highest BCUT2D eigenvalue weighted by molar-refractivity contribution is 5.91. The predicted octanol–water partition coefficient (Wildman–Crippen LogP) is 6.15. The smallest absolute Gasteiger partial charge is 0.281 e. The number of rotatable bonds is 7. The number of amides is 1. The van der Waals surface area contributed by atoms with Crippen molar-refractivity contribution in [1.82, 2.24) is 9.99 Å². The molecule has 4 aromatic carbocycles. The van der Waals surface area contributed by atoms with E-state index >= 15 is 0 Å². The summed E-state index contributed by atoms with van der Waals surface area (Å²) in [6, 6.07) is 38.5. The Hall–Kier alpha value is -4.74. The molecular weight excluding hydrogens is 470 g/mol. The third kappa shape index (κ3) is 4.80. The van der Waals surface area contributed by atoms with E-state index in [0.717, 1.165) is 28.2 Å². The van der Waals surface area contributed by atoms with Gasteiger partial charge in [0.25, 0.3) is 5.91 Å². The highest BCUT2D eigenvalue weighted by atomic mass is 16.3. The molecule has 0 aliphatic heterocycles. The van der Waals surface area contributed by atoms with Gasteiger partial charge in [-0.3, -0.25) is 4.79 Å². The maximum atomic E-state index is 13.3. The van der Waals surface area contributed by atoms with Gasteiger partial charge in [-0.15, -0.1) is 0 Å². The first-order chi connectivity index (χ1) is 18.5. The lowest BCUT2D eigenvalue weighted by atomic mass is 9.85. The molecule has 1 heterocycles. The second-order valence-corrected chi connectivity index (χ2v) is 9.22. The van der Waals surface area contributed by atoms with E-state index in [4.69, 9.17) is 0 Å². The summed E-state index contributed by atoms with van der Waals surface area (Å²) >= 11 is 0. The molecule has 0 spiro atoms. The Labute approximate surface area is 222 Å². The summed E-state index contributed by atoms with van der Waals surface area (Å²) in [4.78, 5) is 13.3. The van der Waals surface area contributed by atoms with Gasteiger partial charge >= 0.3 is 0 Å². The molecule has 0 aliphatic rings. The van der Waals surface area contributed by atoms with Gasteiger partial charge in [-0.2, -0.15) is 5.10 Å². The number of aromatic nitrogens is 1. The maximum Gasteiger partial charge on any atom is 0.281 e. The van der Waals surface area contributed by atoms with Crippen LogP contribution >= 0.6 is 0 Å². The molecule has 5 rings (SSSR count). The lowest BCUT2D eigenvalue weighted by molar-refractivity contribution is -0.136. The summed E-state index contributed by atoms with van der Waals surface area (Å²) in [6.07, 6.45) is 1.62. The molecular formula is C33H29N3O2. The molecule has 1 aromatic heterocycles. The summed E-state index contributed by atoms with van der Waals surface area (Å²) in [6.45, 7) is 4.06. The van der Waals surface area contributed by atoms with Crippen LogP contribution in [-0.4, -0.2) is 21.8 Å². The van der Waals surface area contributed by atoms with Crippen LogP contribution in [0.25, 0.3) is 16.8 Å². The summed E-state index contributed by atoms with van der Waals surface area (Å²) in [5, 5.41) is 15.8. The van der Waals surface area contributed by atoms with Crippen LogP contribution < -0.4 is 5.43 Å². The number of carbonyl (C=O) groups excluding carboxylic acids is 1. The fourth-order valence-corrected chi connectivity index (χ4v) is 4.78. The van der Waals surface area contributed by atoms with Gasteiger partial charge in [-0.25, -0.2) is 5.43 Å². The zero-order valence-electron chi connectivity index (χ0n) is 21.4. The second kappa shape index (κ2) is 10.7. The maximum absolute atomic E-state index is 13.3.